The van der Waals surface area contributed by atoms with Crippen LogP contribution < -0.4 is 4.57 Å². The molecule has 1 rings (SSSR count). The highest BCUT2D eigenvalue weighted by Crippen LogP contribution is 2.05. The molecule has 0 radical (unpaired) electrons. The minimum Gasteiger partial charge on any atom is -0.240 e. The second-order valence-corrected chi connectivity index (χ2v) is 4.08. The van der Waals surface area contributed by atoms with Crippen molar-refractivity contribution in [1.82, 2.24) is 4.57 Å². The summed E-state index contributed by atoms with van der Waals surface area (Å²) in [7, 11) is 2.07. The molecule has 1 heterocycles. The van der Waals surface area contributed by atoms with Crippen LogP contribution in [0.25, 0.3) is 0 Å². The van der Waals surface area contributed by atoms with Crippen LogP contribution in [0.2, 0.25) is 0 Å². The summed E-state index contributed by atoms with van der Waals surface area (Å²) in [6.07, 6.45) is 14.6. The number of hydrogen-bond donors (Lipinski definition) is 0. The van der Waals surface area contributed by atoms with Crippen LogP contribution in [-0.2, 0) is 13.6 Å². The maximum atomic E-state index is 2.26. The first kappa shape index (κ1) is 18.3. The molecule has 0 saturated heterocycles. The molecule has 0 amide bonds. The zero-order valence-corrected chi connectivity index (χ0v) is 12.9. The molecule has 0 spiro atoms. The Bertz CT molecular complexity index is 251. The molecule has 2 nitrogen and oxygen atoms in total. The molecular formula is C12H25BrClN2+. The van der Waals surface area contributed by atoms with Crippen molar-refractivity contribution in [2.45, 2.75) is 52.0 Å². The molecule has 16 heavy (non-hydrogen) atoms. The maximum absolute atomic E-state index is 2.26. The Hall–Kier alpha value is -0.0200. The van der Waals surface area contributed by atoms with Crippen LogP contribution >= 0.6 is 29.4 Å². The highest BCUT2D eigenvalue weighted by atomic mass is 79.9. The lowest BCUT2D eigenvalue weighted by molar-refractivity contribution is -0.671. The fourth-order valence-corrected chi connectivity index (χ4v) is 1.71. The van der Waals surface area contributed by atoms with Gasteiger partial charge in [-0.2, -0.15) is 0 Å². The minimum absolute atomic E-state index is 0. The molecule has 1 aromatic rings. The molecule has 0 bridgehead atoms. The van der Waals surface area contributed by atoms with E-state index < -0.39 is 0 Å². The average molecular weight is 313 g/mol. The molecule has 0 aliphatic carbocycles. The SMILES string of the molecule is Br.CCCCCCCCn1cc[n+](C)c1.Cl. The van der Waals surface area contributed by atoms with E-state index in [9.17, 15) is 0 Å². The lowest BCUT2D eigenvalue weighted by atomic mass is 10.1. The second kappa shape index (κ2) is 11.5. The van der Waals surface area contributed by atoms with E-state index in [2.05, 4.69) is 41.8 Å². The van der Waals surface area contributed by atoms with Crippen molar-refractivity contribution in [2.24, 2.45) is 7.05 Å². The number of aromatic nitrogens is 2. The van der Waals surface area contributed by atoms with Crippen LogP contribution in [0.15, 0.2) is 18.7 Å². The summed E-state index contributed by atoms with van der Waals surface area (Å²) in [5, 5.41) is 0. The second-order valence-electron chi connectivity index (χ2n) is 4.08. The Morgan fingerprint density at radius 1 is 1.06 bits per heavy atom. The Balaban J connectivity index is 0. The number of aryl methyl sites for hydroxylation is 2. The van der Waals surface area contributed by atoms with Crippen LogP contribution in [0.4, 0.5) is 0 Å². The monoisotopic (exact) mass is 311 g/mol. The van der Waals surface area contributed by atoms with E-state index in [0.29, 0.717) is 0 Å². The number of unbranched alkanes of at least 4 members (excludes halogenated alkanes) is 5. The Labute approximate surface area is 116 Å². The fourth-order valence-electron chi connectivity index (χ4n) is 1.71. The van der Waals surface area contributed by atoms with E-state index in [1.165, 1.54) is 45.1 Å². The van der Waals surface area contributed by atoms with Gasteiger partial charge in [0.15, 0.2) is 0 Å². The molecular weight excluding hydrogens is 288 g/mol. The van der Waals surface area contributed by atoms with Crippen LogP contribution in [0.3, 0.4) is 0 Å². The number of hydrogen-bond acceptors (Lipinski definition) is 0. The van der Waals surface area contributed by atoms with Crippen molar-refractivity contribution in [3.63, 3.8) is 0 Å². The summed E-state index contributed by atoms with van der Waals surface area (Å²) >= 11 is 0. The highest BCUT2D eigenvalue weighted by molar-refractivity contribution is 8.93. The van der Waals surface area contributed by atoms with Gasteiger partial charge in [0, 0.05) is 0 Å². The molecule has 0 unspecified atom stereocenters. The number of rotatable bonds is 7. The van der Waals surface area contributed by atoms with Gasteiger partial charge >= 0.3 is 0 Å². The van der Waals surface area contributed by atoms with E-state index in [1.807, 2.05) is 0 Å². The van der Waals surface area contributed by atoms with E-state index in [-0.39, 0.29) is 29.4 Å². The first-order valence-corrected chi connectivity index (χ1v) is 5.84. The van der Waals surface area contributed by atoms with Crippen LogP contribution in [0.1, 0.15) is 45.4 Å². The fraction of sp³-hybridized carbons (Fsp3) is 0.750. The molecule has 0 N–H and O–H groups in total. The molecule has 96 valence electrons. The minimum atomic E-state index is 0. The zero-order chi connectivity index (χ0) is 10.2. The van der Waals surface area contributed by atoms with Crippen molar-refractivity contribution in [3.05, 3.63) is 18.7 Å². The third-order valence-corrected chi connectivity index (χ3v) is 2.59. The molecule has 0 aromatic carbocycles. The summed E-state index contributed by atoms with van der Waals surface area (Å²) in [5.41, 5.74) is 0. The molecule has 4 heteroatoms. The summed E-state index contributed by atoms with van der Waals surface area (Å²) in [5.74, 6) is 0. The summed E-state index contributed by atoms with van der Waals surface area (Å²) < 4.78 is 4.36. The van der Waals surface area contributed by atoms with Crippen LogP contribution in [0.5, 0.6) is 0 Å². The van der Waals surface area contributed by atoms with Gasteiger partial charge in [0.1, 0.15) is 12.4 Å². The van der Waals surface area contributed by atoms with Gasteiger partial charge in [-0.15, -0.1) is 29.4 Å². The number of halogens is 2. The quantitative estimate of drug-likeness (QED) is 0.536. The van der Waals surface area contributed by atoms with E-state index >= 15 is 0 Å². The smallest absolute Gasteiger partial charge is 0.240 e. The largest absolute Gasteiger partial charge is 0.243 e. The first-order valence-electron chi connectivity index (χ1n) is 5.84. The van der Waals surface area contributed by atoms with Gasteiger partial charge in [-0.3, -0.25) is 0 Å². The van der Waals surface area contributed by atoms with Gasteiger partial charge in [0.2, 0.25) is 6.33 Å². The van der Waals surface area contributed by atoms with Gasteiger partial charge < -0.3 is 0 Å². The van der Waals surface area contributed by atoms with Crippen molar-refractivity contribution in [3.8, 4) is 0 Å². The van der Waals surface area contributed by atoms with E-state index in [4.69, 9.17) is 0 Å². The number of nitrogens with zero attached hydrogens (tertiary/aromatic N) is 2. The molecule has 0 saturated carbocycles. The van der Waals surface area contributed by atoms with Crippen molar-refractivity contribution in [2.75, 3.05) is 0 Å². The van der Waals surface area contributed by atoms with Gasteiger partial charge in [-0.1, -0.05) is 32.6 Å². The van der Waals surface area contributed by atoms with Gasteiger partial charge in [-0.25, -0.2) is 9.13 Å². The van der Waals surface area contributed by atoms with E-state index in [1.54, 1.807) is 0 Å². The summed E-state index contributed by atoms with van der Waals surface area (Å²) in [6, 6.07) is 0. The average Bonchev–Trinajstić information content (AvgIpc) is 2.58. The van der Waals surface area contributed by atoms with Crippen LogP contribution in [-0.4, -0.2) is 4.57 Å². The van der Waals surface area contributed by atoms with Crippen molar-refractivity contribution < 1.29 is 4.57 Å². The molecule has 1 aromatic heterocycles. The zero-order valence-electron chi connectivity index (χ0n) is 10.4. The summed E-state index contributed by atoms with van der Waals surface area (Å²) in [4.78, 5) is 0. The Kier molecular flexibility index (Phi) is 13.1. The Morgan fingerprint density at radius 3 is 2.25 bits per heavy atom. The van der Waals surface area contributed by atoms with Gasteiger partial charge in [-0.05, 0) is 12.8 Å². The predicted octanol–water partition coefficient (Wildman–Crippen LogP) is 3.67. The summed E-state index contributed by atoms with van der Waals surface area (Å²) in [6.45, 7) is 3.44. The van der Waals surface area contributed by atoms with Gasteiger partial charge in [0.25, 0.3) is 0 Å². The lowest BCUT2D eigenvalue weighted by Crippen LogP contribution is -2.23. The lowest BCUT2D eigenvalue weighted by Gasteiger charge is -1.98. The highest BCUT2D eigenvalue weighted by Gasteiger charge is 1.98. The van der Waals surface area contributed by atoms with Crippen molar-refractivity contribution in [1.29, 1.82) is 0 Å². The topological polar surface area (TPSA) is 8.81 Å². The van der Waals surface area contributed by atoms with Crippen molar-refractivity contribution >= 4 is 29.4 Å². The molecule has 0 aliphatic heterocycles. The van der Waals surface area contributed by atoms with Crippen LogP contribution in [0, 0.1) is 0 Å². The third kappa shape index (κ3) is 8.17. The molecule has 0 atom stereocenters. The third-order valence-electron chi connectivity index (χ3n) is 2.59. The standard InChI is InChI=1S/C12H23N2.BrH.ClH/c1-3-4-5-6-7-8-9-14-11-10-13(2)12-14;;/h10-12H,3-9H2,1-2H3;2*1H/q+1;;. The first-order chi connectivity index (χ1) is 6.83. The van der Waals surface area contributed by atoms with Gasteiger partial charge in [0.05, 0.1) is 13.6 Å². The molecule has 0 fully saturated rings. The Morgan fingerprint density at radius 2 is 1.69 bits per heavy atom. The predicted molar refractivity (Wildman–Crippen MR) is 76.6 cm³/mol. The number of imidazole rings is 1. The maximum Gasteiger partial charge on any atom is 0.243 e. The van der Waals surface area contributed by atoms with E-state index in [0.717, 1.165) is 0 Å². The molecule has 0 aliphatic rings. The normalized spacial score (nSPS) is 9.38.